The van der Waals surface area contributed by atoms with E-state index in [9.17, 15) is 0 Å². The average molecular weight is 756 g/mol. The second-order valence-corrected chi connectivity index (χ2v) is 17.2. The van der Waals surface area contributed by atoms with Crippen LogP contribution in [0.3, 0.4) is 0 Å². The van der Waals surface area contributed by atoms with E-state index in [1.54, 1.807) is 0 Å². The summed E-state index contributed by atoms with van der Waals surface area (Å²) < 4.78 is 0. The lowest BCUT2D eigenvalue weighted by Crippen LogP contribution is -2.15. The molecule has 1 nitrogen and oxygen atoms in total. The third kappa shape index (κ3) is 5.31. The van der Waals surface area contributed by atoms with Gasteiger partial charge in [-0.25, -0.2) is 0 Å². The van der Waals surface area contributed by atoms with Crippen LogP contribution in [0.2, 0.25) is 0 Å². The molecule has 0 amide bonds. The molecule has 0 saturated heterocycles. The smallest absolute Gasteiger partial charge is 0.0540 e. The summed E-state index contributed by atoms with van der Waals surface area (Å²) in [5.74, 6) is 0. The third-order valence-electron chi connectivity index (χ3n) is 13.3. The molecule has 0 N–H and O–H groups in total. The van der Waals surface area contributed by atoms with Crippen LogP contribution in [-0.4, -0.2) is 0 Å². The van der Waals surface area contributed by atoms with Gasteiger partial charge in [-0.05, 0) is 96.2 Å². The molecule has 0 radical (unpaired) electrons. The summed E-state index contributed by atoms with van der Waals surface area (Å²) in [6, 6.07) is 74.4. The normalized spacial score (nSPS) is 14.0. The van der Waals surface area contributed by atoms with E-state index in [1.807, 2.05) is 0 Å². The zero-order valence-electron chi connectivity index (χ0n) is 34.0. The van der Waals surface area contributed by atoms with Crippen LogP contribution in [0.15, 0.2) is 200 Å². The van der Waals surface area contributed by atoms with Crippen molar-refractivity contribution in [2.75, 3.05) is 4.90 Å². The lowest BCUT2D eigenvalue weighted by Gasteiger charge is -2.32. The highest BCUT2D eigenvalue weighted by atomic mass is 15.1. The second-order valence-electron chi connectivity index (χ2n) is 17.2. The van der Waals surface area contributed by atoms with E-state index in [-0.39, 0.29) is 10.8 Å². The van der Waals surface area contributed by atoms with E-state index in [2.05, 4.69) is 233 Å². The summed E-state index contributed by atoms with van der Waals surface area (Å²) >= 11 is 0. The predicted octanol–water partition coefficient (Wildman–Crippen LogP) is 15.9. The highest BCUT2D eigenvalue weighted by Gasteiger charge is 2.38. The highest BCUT2D eigenvalue weighted by Crippen LogP contribution is 2.56. The minimum absolute atomic E-state index is 0.106. The fraction of sp³-hybridized carbons (Fsp3) is 0.103. The van der Waals surface area contributed by atoms with Crippen molar-refractivity contribution in [3.8, 4) is 55.6 Å². The Morgan fingerprint density at radius 1 is 0.305 bits per heavy atom. The lowest BCUT2D eigenvalue weighted by molar-refractivity contribution is 0.660. The lowest BCUT2D eigenvalue weighted by atomic mass is 9.81. The molecule has 0 aromatic heterocycles. The van der Waals surface area contributed by atoms with Crippen molar-refractivity contribution < 1.29 is 0 Å². The van der Waals surface area contributed by atoms with Gasteiger partial charge in [-0.1, -0.05) is 204 Å². The van der Waals surface area contributed by atoms with Gasteiger partial charge in [0.1, 0.15) is 0 Å². The molecule has 0 spiro atoms. The molecule has 0 atom stereocenters. The topological polar surface area (TPSA) is 3.24 Å². The zero-order chi connectivity index (χ0) is 39.9. The van der Waals surface area contributed by atoms with Gasteiger partial charge in [0.25, 0.3) is 0 Å². The first-order chi connectivity index (χ1) is 28.8. The van der Waals surface area contributed by atoms with E-state index in [1.165, 1.54) is 88.7 Å². The van der Waals surface area contributed by atoms with Gasteiger partial charge in [-0.15, -0.1) is 0 Å². The fourth-order valence-corrected chi connectivity index (χ4v) is 10.4. The fourth-order valence-electron chi connectivity index (χ4n) is 10.4. The molecule has 2 aliphatic rings. The third-order valence-corrected chi connectivity index (χ3v) is 13.3. The molecule has 282 valence electrons. The molecule has 0 heterocycles. The Hall–Kier alpha value is -6.96. The Morgan fingerprint density at radius 2 is 0.746 bits per heavy atom. The number of benzene rings is 9. The molecular weight excluding hydrogens is 711 g/mol. The van der Waals surface area contributed by atoms with Gasteiger partial charge in [0.05, 0.1) is 17.1 Å². The van der Waals surface area contributed by atoms with Gasteiger partial charge in [0.2, 0.25) is 0 Å². The molecule has 0 fully saturated rings. The molecule has 2 aliphatic carbocycles. The van der Waals surface area contributed by atoms with E-state index < -0.39 is 0 Å². The van der Waals surface area contributed by atoms with Crippen molar-refractivity contribution in [3.63, 3.8) is 0 Å². The molecule has 11 rings (SSSR count). The number of nitrogens with zero attached hydrogens (tertiary/aromatic N) is 1. The molecular formula is C58H45N. The van der Waals surface area contributed by atoms with Crippen LogP contribution in [0.5, 0.6) is 0 Å². The van der Waals surface area contributed by atoms with Gasteiger partial charge in [0.15, 0.2) is 0 Å². The number of para-hydroxylation sites is 3. The summed E-state index contributed by atoms with van der Waals surface area (Å²) in [4.78, 5) is 2.54. The Kier molecular flexibility index (Phi) is 7.94. The summed E-state index contributed by atoms with van der Waals surface area (Å²) in [5, 5.41) is 2.47. The molecule has 59 heavy (non-hydrogen) atoms. The number of anilines is 3. The van der Waals surface area contributed by atoms with Crippen molar-refractivity contribution in [1.29, 1.82) is 0 Å². The van der Waals surface area contributed by atoms with Crippen molar-refractivity contribution in [2.24, 2.45) is 0 Å². The van der Waals surface area contributed by atoms with Crippen molar-refractivity contribution in [3.05, 3.63) is 222 Å². The summed E-state index contributed by atoms with van der Waals surface area (Å²) in [7, 11) is 0. The Morgan fingerprint density at radius 3 is 1.47 bits per heavy atom. The number of rotatable bonds is 6. The van der Waals surface area contributed by atoms with Crippen LogP contribution in [0.25, 0.3) is 66.4 Å². The monoisotopic (exact) mass is 755 g/mol. The maximum atomic E-state index is 2.54. The SMILES string of the molecule is CC1(C)c2ccccc2-c2ccc(-c3ccccc3N(c3ccccc3-c3cccc4c3-c3ccccc3C4(C)C)c3ccccc3-c3cccc4ccccc34)cc21. The van der Waals surface area contributed by atoms with Crippen LogP contribution in [-0.2, 0) is 10.8 Å². The Balaban J connectivity index is 1.19. The van der Waals surface area contributed by atoms with E-state index in [0.717, 1.165) is 17.1 Å². The molecule has 0 unspecified atom stereocenters. The second kappa shape index (κ2) is 13.3. The highest BCUT2D eigenvalue weighted by molar-refractivity contribution is 6.05. The van der Waals surface area contributed by atoms with Gasteiger partial charge >= 0.3 is 0 Å². The minimum Gasteiger partial charge on any atom is -0.309 e. The Labute approximate surface area is 347 Å². The minimum atomic E-state index is -0.109. The van der Waals surface area contributed by atoms with Gasteiger partial charge < -0.3 is 4.90 Å². The zero-order valence-corrected chi connectivity index (χ0v) is 34.0. The first-order valence-corrected chi connectivity index (χ1v) is 20.9. The van der Waals surface area contributed by atoms with Crippen molar-refractivity contribution in [1.82, 2.24) is 0 Å². The number of fused-ring (bicyclic) bond motifs is 7. The molecule has 9 aromatic rings. The van der Waals surface area contributed by atoms with E-state index in [4.69, 9.17) is 0 Å². The van der Waals surface area contributed by atoms with E-state index >= 15 is 0 Å². The van der Waals surface area contributed by atoms with Crippen LogP contribution in [0.1, 0.15) is 49.9 Å². The maximum Gasteiger partial charge on any atom is 0.0540 e. The van der Waals surface area contributed by atoms with Crippen LogP contribution in [0.4, 0.5) is 17.1 Å². The summed E-state index contributed by atoms with van der Waals surface area (Å²) in [6.07, 6.45) is 0. The summed E-state index contributed by atoms with van der Waals surface area (Å²) in [6.45, 7) is 9.47. The molecule has 0 bridgehead atoms. The molecule has 0 aliphatic heterocycles. The van der Waals surface area contributed by atoms with Crippen LogP contribution >= 0.6 is 0 Å². The number of hydrogen-bond donors (Lipinski definition) is 0. The van der Waals surface area contributed by atoms with E-state index in [0.29, 0.717) is 0 Å². The molecule has 0 saturated carbocycles. The molecule has 9 aromatic carbocycles. The maximum absolute atomic E-state index is 2.54. The number of hydrogen-bond acceptors (Lipinski definition) is 1. The van der Waals surface area contributed by atoms with Gasteiger partial charge in [-0.3, -0.25) is 0 Å². The first kappa shape index (κ1) is 35.2. The van der Waals surface area contributed by atoms with Gasteiger partial charge in [0, 0.05) is 27.5 Å². The standard InChI is InChI=1S/C58H45N/c1-57(2)50-30-13-8-26-48(50)56-47(28-18-31-51(56)57)46-25-11-16-34-55(46)59(54-33-15-10-24-45(54)42-27-17-20-38-19-5-6-21-40(38)42)53-32-14-9-22-41(53)39-35-36-44-43-23-7-12-29-49(43)58(3,4)52(44)37-39/h5-37H,1-4H3. The van der Waals surface area contributed by atoms with Crippen molar-refractivity contribution >= 4 is 27.8 Å². The van der Waals surface area contributed by atoms with Crippen LogP contribution in [0, 0.1) is 0 Å². The van der Waals surface area contributed by atoms with Gasteiger partial charge in [-0.2, -0.15) is 0 Å². The average Bonchev–Trinajstić information content (AvgIpc) is 3.66. The Bertz CT molecular complexity index is 3120. The molecule has 1 heteroatoms. The predicted molar refractivity (Wildman–Crippen MR) is 250 cm³/mol. The summed E-state index contributed by atoms with van der Waals surface area (Å²) in [5.41, 5.74) is 21.3. The largest absolute Gasteiger partial charge is 0.309 e. The van der Waals surface area contributed by atoms with Crippen molar-refractivity contribution in [2.45, 2.75) is 38.5 Å². The quantitative estimate of drug-likeness (QED) is 0.163. The van der Waals surface area contributed by atoms with Crippen LogP contribution < -0.4 is 4.90 Å². The first-order valence-electron chi connectivity index (χ1n) is 20.9.